The summed E-state index contributed by atoms with van der Waals surface area (Å²) >= 11 is 0. The fourth-order valence-electron chi connectivity index (χ4n) is 2.16. The van der Waals surface area contributed by atoms with E-state index in [-0.39, 0.29) is 5.97 Å². The summed E-state index contributed by atoms with van der Waals surface area (Å²) in [4.78, 5) is 11.7. The van der Waals surface area contributed by atoms with Gasteiger partial charge in [-0.15, -0.1) is 0 Å². The molecule has 0 spiro atoms. The molecule has 2 N–H and O–H groups in total. The Hall–Kier alpha value is -1.75. The third-order valence-corrected chi connectivity index (χ3v) is 3.07. The highest BCUT2D eigenvalue weighted by atomic mass is 16.5. The van der Waals surface area contributed by atoms with Crippen molar-refractivity contribution in [2.75, 3.05) is 25.6 Å². The monoisotopic (exact) mass is 251 g/mol. The molecule has 98 valence electrons. The second-order valence-corrected chi connectivity index (χ2v) is 4.11. The van der Waals surface area contributed by atoms with Gasteiger partial charge in [0.2, 0.25) is 0 Å². The number of hydrogen-bond acceptors (Lipinski definition) is 5. The lowest BCUT2D eigenvalue weighted by Crippen LogP contribution is -2.35. The van der Waals surface area contributed by atoms with Crippen LogP contribution in [0.15, 0.2) is 18.2 Å². The first-order valence-electron chi connectivity index (χ1n) is 5.94. The number of benzene rings is 1. The van der Waals surface area contributed by atoms with Crippen LogP contribution in [0.2, 0.25) is 0 Å². The zero-order valence-corrected chi connectivity index (χ0v) is 10.5. The molecule has 1 aromatic rings. The lowest BCUT2D eigenvalue weighted by atomic mass is 9.90. The van der Waals surface area contributed by atoms with Crippen LogP contribution in [0.1, 0.15) is 18.6 Å². The molecule has 0 saturated carbocycles. The van der Waals surface area contributed by atoms with Crippen LogP contribution in [0.4, 0.5) is 5.69 Å². The Kier molecular flexibility index (Phi) is 3.72. The summed E-state index contributed by atoms with van der Waals surface area (Å²) in [6.45, 7) is 2.40. The molecule has 0 saturated heterocycles. The molecule has 0 bridgehead atoms. The van der Waals surface area contributed by atoms with E-state index in [4.69, 9.17) is 9.47 Å². The van der Waals surface area contributed by atoms with Gasteiger partial charge in [0.15, 0.2) is 0 Å². The van der Waals surface area contributed by atoms with Gasteiger partial charge in [0.05, 0.1) is 25.5 Å². The smallest absolute Gasteiger partial charge is 0.313 e. The summed E-state index contributed by atoms with van der Waals surface area (Å²) in [6.07, 6.45) is -0.865. The molecular weight excluding hydrogens is 234 g/mol. The average Bonchev–Trinajstić information content (AvgIpc) is 2.39. The van der Waals surface area contributed by atoms with Crippen LogP contribution in [0.3, 0.4) is 0 Å². The van der Waals surface area contributed by atoms with Crippen molar-refractivity contribution < 1.29 is 19.4 Å². The average molecular weight is 251 g/mol. The highest BCUT2D eigenvalue weighted by molar-refractivity contribution is 5.77. The van der Waals surface area contributed by atoms with E-state index in [2.05, 4.69) is 5.32 Å². The number of rotatable bonds is 3. The van der Waals surface area contributed by atoms with Crippen LogP contribution < -0.4 is 10.1 Å². The van der Waals surface area contributed by atoms with Crippen molar-refractivity contribution >= 4 is 11.7 Å². The van der Waals surface area contributed by atoms with Gasteiger partial charge >= 0.3 is 5.97 Å². The fraction of sp³-hybridized carbons (Fsp3) is 0.462. The molecule has 0 amide bonds. The Morgan fingerprint density at radius 3 is 3.00 bits per heavy atom. The maximum absolute atomic E-state index is 11.7. The summed E-state index contributed by atoms with van der Waals surface area (Å²) in [5.41, 5.74) is 1.41. The van der Waals surface area contributed by atoms with Crippen LogP contribution in [0.5, 0.6) is 5.75 Å². The third-order valence-electron chi connectivity index (χ3n) is 3.07. The zero-order chi connectivity index (χ0) is 13.1. The predicted molar refractivity (Wildman–Crippen MR) is 66.6 cm³/mol. The maximum atomic E-state index is 11.7. The molecule has 1 aliphatic heterocycles. The van der Waals surface area contributed by atoms with Crippen LogP contribution in [-0.4, -0.2) is 31.3 Å². The number of esters is 1. The van der Waals surface area contributed by atoms with E-state index in [1.807, 2.05) is 6.07 Å². The van der Waals surface area contributed by atoms with Crippen molar-refractivity contribution in [3.8, 4) is 5.75 Å². The normalized spacial score (nSPS) is 21.7. The van der Waals surface area contributed by atoms with E-state index in [0.717, 1.165) is 5.69 Å². The first kappa shape index (κ1) is 12.7. The van der Waals surface area contributed by atoms with E-state index in [1.165, 1.54) is 0 Å². The van der Waals surface area contributed by atoms with Gasteiger partial charge < -0.3 is 19.9 Å². The van der Waals surface area contributed by atoms with E-state index in [1.54, 1.807) is 26.2 Å². The van der Waals surface area contributed by atoms with Crippen molar-refractivity contribution in [2.24, 2.45) is 5.92 Å². The number of fused-ring (bicyclic) bond motifs is 1. The number of para-hydroxylation sites is 1. The van der Waals surface area contributed by atoms with Crippen molar-refractivity contribution in [3.63, 3.8) is 0 Å². The van der Waals surface area contributed by atoms with E-state index >= 15 is 0 Å². The first-order valence-corrected chi connectivity index (χ1v) is 5.94. The van der Waals surface area contributed by atoms with Gasteiger partial charge in [-0.3, -0.25) is 4.79 Å². The molecule has 5 heteroatoms. The van der Waals surface area contributed by atoms with Crippen molar-refractivity contribution in [1.82, 2.24) is 0 Å². The summed E-state index contributed by atoms with van der Waals surface area (Å²) in [6, 6.07) is 5.38. The van der Waals surface area contributed by atoms with Crippen LogP contribution in [0.25, 0.3) is 0 Å². The van der Waals surface area contributed by atoms with Crippen molar-refractivity contribution in [1.29, 1.82) is 0 Å². The molecule has 0 unspecified atom stereocenters. The van der Waals surface area contributed by atoms with Crippen LogP contribution in [-0.2, 0) is 9.53 Å². The second-order valence-electron chi connectivity index (χ2n) is 4.11. The summed E-state index contributed by atoms with van der Waals surface area (Å²) in [5, 5.41) is 13.4. The molecule has 0 aromatic heterocycles. The molecular formula is C13H17NO4. The van der Waals surface area contributed by atoms with Crippen molar-refractivity contribution in [3.05, 3.63) is 23.8 Å². The first-order chi connectivity index (χ1) is 8.69. The lowest BCUT2D eigenvalue weighted by molar-refractivity contribution is -0.151. The van der Waals surface area contributed by atoms with Gasteiger partial charge in [-0.05, 0) is 13.0 Å². The Balaban J connectivity index is 2.28. The number of nitrogens with one attached hydrogen (secondary N) is 1. The molecule has 2 rings (SSSR count). The minimum atomic E-state index is -0.865. The molecule has 1 aliphatic rings. The van der Waals surface area contributed by atoms with Crippen LogP contribution >= 0.6 is 0 Å². The van der Waals surface area contributed by atoms with Gasteiger partial charge in [0, 0.05) is 12.1 Å². The number of aliphatic hydroxyl groups excluding tert-OH is 1. The Morgan fingerprint density at radius 1 is 1.56 bits per heavy atom. The second kappa shape index (κ2) is 5.27. The maximum Gasteiger partial charge on any atom is 0.313 e. The highest BCUT2D eigenvalue weighted by Gasteiger charge is 2.35. The third kappa shape index (κ3) is 2.13. The van der Waals surface area contributed by atoms with Gasteiger partial charge in [-0.1, -0.05) is 12.1 Å². The predicted octanol–water partition coefficient (Wildman–Crippen LogP) is 1.33. The van der Waals surface area contributed by atoms with Crippen molar-refractivity contribution in [2.45, 2.75) is 13.0 Å². The zero-order valence-electron chi connectivity index (χ0n) is 10.5. The number of anilines is 1. The van der Waals surface area contributed by atoms with Gasteiger partial charge in [-0.25, -0.2) is 0 Å². The number of carbonyl (C=O) groups is 1. The molecule has 1 aromatic carbocycles. The number of methoxy groups -OCH3 is 1. The highest BCUT2D eigenvalue weighted by Crippen LogP contribution is 2.39. The number of aliphatic hydroxyl groups is 1. The number of carbonyl (C=O) groups excluding carboxylic acids is 1. The number of hydrogen-bond donors (Lipinski definition) is 2. The molecule has 0 radical (unpaired) electrons. The lowest BCUT2D eigenvalue weighted by Gasteiger charge is -2.30. The molecule has 0 aliphatic carbocycles. The standard InChI is InChI=1S/C13H17NO4/c1-3-18-13(16)9-7-14-11-8(12(9)15)5-4-6-10(11)17-2/h4-6,9,12,14-15H,3,7H2,1-2H3/t9-,12-/m1/s1. The minimum Gasteiger partial charge on any atom is -0.495 e. The van der Waals surface area contributed by atoms with E-state index in [0.29, 0.717) is 24.5 Å². The number of ether oxygens (including phenoxy) is 2. The van der Waals surface area contributed by atoms with Gasteiger partial charge in [-0.2, -0.15) is 0 Å². The Bertz CT molecular complexity index is 447. The summed E-state index contributed by atoms with van der Waals surface area (Å²) in [5.74, 6) is -0.301. The Labute approximate surface area is 106 Å². The topological polar surface area (TPSA) is 67.8 Å². The molecule has 5 nitrogen and oxygen atoms in total. The van der Waals surface area contributed by atoms with Crippen LogP contribution in [0, 0.1) is 5.92 Å². The van der Waals surface area contributed by atoms with Gasteiger partial charge in [0.25, 0.3) is 0 Å². The Morgan fingerprint density at radius 2 is 2.33 bits per heavy atom. The largest absolute Gasteiger partial charge is 0.495 e. The molecule has 18 heavy (non-hydrogen) atoms. The summed E-state index contributed by atoms with van der Waals surface area (Å²) in [7, 11) is 1.57. The molecule has 1 heterocycles. The molecule has 2 atom stereocenters. The SMILES string of the molecule is CCOC(=O)[C@@H]1CNc2c(OC)cccc2[C@H]1O. The fourth-order valence-corrected chi connectivity index (χ4v) is 2.16. The van der Waals surface area contributed by atoms with E-state index in [9.17, 15) is 9.90 Å². The van der Waals surface area contributed by atoms with Gasteiger partial charge in [0.1, 0.15) is 11.7 Å². The quantitative estimate of drug-likeness (QED) is 0.793. The minimum absolute atomic E-state index is 0.313. The van der Waals surface area contributed by atoms with E-state index < -0.39 is 12.0 Å². The molecule has 0 fully saturated rings. The summed E-state index contributed by atoms with van der Waals surface area (Å²) < 4.78 is 10.2.